The Bertz CT molecular complexity index is 295. The zero-order chi connectivity index (χ0) is 13.3. The Morgan fingerprint density at radius 3 is 2.63 bits per heavy atom. The minimum atomic E-state index is 0.0148. The van der Waals surface area contributed by atoms with E-state index in [4.69, 9.17) is 0 Å². The second-order valence-corrected chi connectivity index (χ2v) is 6.08. The normalized spacial score (nSPS) is 23.5. The van der Waals surface area contributed by atoms with E-state index in [0.717, 1.165) is 38.3 Å². The van der Waals surface area contributed by atoms with Crippen LogP contribution in [0.25, 0.3) is 0 Å². The predicted molar refractivity (Wildman–Crippen MR) is 79.1 cm³/mol. The standard InChI is InChI=1S/C16H28N2O/c19-16(18-13-15-9-2-1-3-10-15)17-12-6-11-14-7-4-5-8-14/h1-2,14-15H,3-13H2,(H2,17,18,19). The summed E-state index contributed by atoms with van der Waals surface area (Å²) in [4.78, 5) is 11.6. The predicted octanol–water partition coefficient (Wildman–Crippen LogP) is 3.61. The summed E-state index contributed by atoms with van der Waals surface area (Å²) in [7, 11) is 0. The van der Waals surface area contributed by atoms with Gasteiger partial charge in [0.05, 0.1) is 0 Å². The second-order valence-electron chi connectivity index (χ2n) is 6.08. The fourth-order valence-electron chi connectivity index (χ4n) is 3.23. The van der Waals surface area contributed by atoms with Crippen molar-refractivity contribution in [2.75, 3.05) is 13.1 Å². The van der Waals surface area contributed by atoms with Gasteiger partial charge in [-0.25, -0.2) is 4.79 Å². The van der Waals surface area contributed by atoms with Crippen molar-refractivity contribution >= 4 is 6.03 Å². The summed E-state index contributed by atoms with van der Waals surface area (Å²) in [6, 6.07) is 0.0148. The van der Waals surface area contributed by atoms with Crippen LogP contribution in [0, 0.1) is 11.8 Å². The van der Waals surface area contributed by atoms with Crippen LogP contribution in [-0.2, 0) is 0 Å². The number of urea groups is 1. The molecule has 0 bridgehead atoms. The van der Waals surface area contributed by atoms with Gasteiger partial charge in [-0.05, 0) is 43.9 Å². The molecule has 1 atom stereocenters. The number of hydrogen-bond donors (Lipinski definition) is 2. The Labute approximate surface area is 117 Å². The maximum atomic E-state index is 11.6. The zero-order valence-electron chi connectivity index (χ0n) is 12.0. The van der Waals surface area contributed by atoms with Gasteiger partial charge in [0.15, 0.2) is 0 Å². The van der Waals surface area contributed by atoms with E-state index in [-0.39, 0.29) is 6.03 Å². The van der Waals surface area contributed by atoms with Crippen LogP contribution >= 0.6 is 0 Å². The highest BCUT2D eigenvalue weighted by Crippen LogP contribution is 2.28. The molecule has 2 N–H and O–H groups in total. The van der Waals surface area contributed by atoms with E-state index in [1.54, 1.807) is 0 Å². The Morgan fingerprint density at radius 1 is 1.05 bits per heavy atom. The van der Waals surface area contributed by atoms with E-state index in [1.807, 2.05) is 0 Å². The van der Waals surface area contributed by atoms with E-state index >= 15 is 0 Å². The van der Waals surface area contributed by atoms with Gasteiger partial charge >= 0.3 is 6.03 Å². The van der Waals surface area contributed by atoms with Gasteiger partial charge in [-0.3, -0.25) is 0 Å². The van der Waals surface area contributed by atoms with E-state index in [0.29, 0.717) is 5.92 Å². The summed E-state index contributed by atoms with van der Waals surface area (Å²) in [6.45, 7) is 1.64. The molecule has 0 aromatic carbocycles. The van der Waals surface area contributed by atoms with Crippen LogP contribution in [0.2, 0.25) is 0 Å². The first-order valence-corrected chi connectivity index (χ1v) is 8.01. The molecule has 0 aliphatic heterocycles. The van der Waals surface area contributed by atoms with Gasteiger partial charge in [0.1, 0.15) is 0 Å². The molecule has 0 aromatic heterocycles. The minimum absolute atomic E-state index is 0.0148. The number of rotatable bonds is 6. The van der Waals surface area contributed by atoms with Crippen molar-refractivity contribution in [3.8, 4) is 0 Å². The molecule has 0 heterocycles. The van der Waals surface area contributed by atoms with Crippen LogP contribution in [0.4, 0.5) is 4.79 Å². The molecule has 19 heavy (non-hydrogen) atoms. The minimum Gasteiger partial charge on any atom is -0.338 e. The molecule has 1 saturated carbocycles. The van der Waals surface area contributed by atoms with Gasteiger partial charge in [0, 0.05) is 13.1 Å². The number of carbonyl (C=O) groups excluding carboxylic acids is 1. The molecule has 0 saturated heterocycles. The van der Waals surface area contributed by atoms with Crippen molar-refractivity contribution in [1.29, 1.82) is 0 Å². The second kappa shape index (κ2) is 8.23. The molecular weight excluding hydrogens is 236 g/mol. The smallest absolute Gasteiger partial charge is 0.314 e. The molecule has 2 aliphatic carbocycles. The molecule has 108 valence electrons. The topological polar surface area (TPSA) is 41.1 Å². The Morgan fingerprint density at radius 2 is 1.89 bits per heavy atom. The van der Waals surface area contributed by atoms with Crippen LogP contribution in [0.1, 0.15) is 57.8 Å². The number of carbonyl (C=O) groups is 1. The van der Waals surface area contributed by atoms with Gasteiger partial charge in [-0.15, -0.1) is 0 Å². The summed E-state index contributed by atoms with van der Waals surface area (Å²) in [5.41, 5.74) is 0. The fourth-order valence-corrected chi connectivity index (χ4v) is 3.23. The lowest BCUT2D eigenvalue weighted by atomic mass is 9.94. The molecule has 0 aromatic rings. The van der Waals surface area contributed by atoms with Crippen LogP contribution in [0.5, 0.6) is 0 Å². The third-order valence-corrected chi connectivity index (χ3v) is 4.48. The average Bonchev–Trinajstić information content (AvgIpc) is 2.96. The van der Waals surface area contributed by atoms with Crippen molar-refractivity contribution in [3.05, 3.63) is 12.2 Å². The molecular formula is C16H28N2O. The lowest BCUT2D eigenvalue weighted by molar-refractivity contribution is 0.238. The summed E-state index contributed by atoms with van der Waals surface area (Å²) in [5.74, 6) is 1.56. The van der Waals surface area contributed by atoms with Gasteiger partial charge < -0.3 is 10.6 Å². The van der Waals surface area contributed by atoms with E-state index in [1.165, 1.54) is 38.5 Å². The highest BCUT2D eigenvalue weighted by molar-refractivity contribution is 5.73. The van der Waals surface area contributed by atoms with Crippen molar-refractivity contribution in [3.63, 3.8) is 0 Å². The van der Waals surface area contributed by atoms with Crippen molar-refractivity contribution < 1.29 is 4.79 Å². The number of allylic oxidation sites excluding steroid dienone is 2. The molecule has 2 rings (SSSR count). The first-order chi connectivity index (χ1) is 9.34. The van der Waals surface area contributed by atoms with Gasteiger partial charge in [-0.1, -0.05) is 37.8 Å². The highest BCUT2D eigenvalue weighted by atomic mass is 16.2. The Kier molecular flexibility index (Phi) is 6.25. The van der Waals surface area contributed by atoms with Crippen LogP contribution in [-0.4, -0.2) is 19.1 Å². The first-order valence-electron chi connectivity index (χ1n) is 8.01. The molecule has 2 amide bonds. The van der Waals surface area contributed by atoms with Gasteiger partial charge in [-0.2, -0.15) is 0 Å². The fraction of sp³-hybridized carbons (Fsp3) is 0.812. The molecule has 3 heteroatoms. The monoisotopic (exact) mass is 264 g/mol. The van der Waals surface area contributed by atoms with Crippen LogP contribution in [0.3, 0.4) is 0 Å². The summed E-state index contributed by atoms with van der Waals surface area (Å²) in [5, 5.41) is 5.98. The average molecular weight is 264 g/mol. The molecule has 3 nitrogen and oxygen atoms in total. The largest absolute Gasteiger partial charge is 0.338 e. The quantitative estimate of drug-likeness (QED) is 0.558. The number of hydrogen-bond acceptors (Lipinski definition) is 1. The van der Waals surface area contributed by atoms with Crippen LogP contribution < -0.4 is 10.6 Å². The summed E-state index contributed by atoms with van der Waals surface area (Å²) < 4.78 is 0. The Hall–Kier alpha value is -0.990. The highest BCUT2D eigenvalue weighted by Gasteiger charge is 2.14. The van der Waals surface area contributed by atoms with E-state index in [9.17, 15) is 4.79 Å². The Balaban J connectivity index is 1.46. The van der Waals surface area contributed by atoms with Gasteiger partial charge in [0.2, 0.25) is 0 Å². The third-order valence-electron chi connectivity index (χ3n) is 4.48. The first kappa shape index (κ1) is 14.4. The van der Waals surface area contributed by atoms with Crippen molar-refractivity contribution in [2.45, 2.75) is 57.8 Å². The lowest BCUT2D eigenvalue weighted by Gasteiger charge is -2.18. The summed E-state index contributed by atoms with van der Waals surface area (Å²) >= 11 is 0. The number of nitrogens with one attached hydrogen (secondary N) is 2. The van der Waals surface area contributed by atoms with E-state index in [2.05, 4.69) is 22.8 Å². The maximum Gasteiger partial charge on any atom is 0.314 e. The lowest BCUT2D eigenvalue weighted by Crippen LogP contribution is -2.38. The molecule has 1 unspecified atom stereocenters. The third kappa shape index (κ3) is 5.66. The van der Waals surface area contributed by atoms with E-state index < -0.39 is 0 Å². The van der Waals surface area contributed by atoms with Crippen molar-refractivity contribution in [1.82, 2.24) is 10.6 Å². The molecule has 0 spiro atoms. The SMILES string of the molecule is O=C(NCCCC1CCCC1)NCC1CC=CCC1. The molecule has 2 aliphatic rings. The van der Waals surface area contributed by atoms with Crippen molar-refractivity contribution in [2.24, 2.45) is 11.8 Å². The van der Waals surface area contributed by atoms with Crippen LogP contribution in [0.15, 0.2) is 12.2 Å². The molecule has 0 radical (unpaired) electrons. The molecule has 1 fully saturated rings. The maximum absolute atomic E-state index is 11.6. The zero-order valence-corrected chi connectivity index (χ0v) is 12.0. The summed E-state index contributed by atoms with van der Waals surface area (Å²) in [6.07, 6.45) is 16.0. The number of amides is 2. The van der Waals surface area contributed by atoms with Gasteiger partial charge in [0.25, 0.3) is 0 Å².